The molecule has 2 aliphatic heterocycles. The van der Waals surface area contributed by atoms with Crippen molar-refractivity contribution < 1.29 is 9.59 Å². The van der Waals surface area contributed by atoms with Crippen molar-refractivity contribution in [1.29, 1.82) is 0 Å². The Morgan fingerprint density at radius 1 is 1.33 bits per heavy atom. The zero-order valence-corrected chi connectivity index (χ0v) is 10.4. The SMILES string of the molecule is C[C@]12N=NC[C@@H]1C(=O)N(c1ccc(Cl)cc1)C2=O. The van der Waals surface area contributed by atoms with Gasteiger partial charge in [0.15, 0.2) is 5.54 Å². The molecule has 2 amide bonds. The van der Waals surface area contributed by atoms with Crippen molar-refractivity contribution in [3.8, 4) is 0 Å². The first-order valence-corrected chi connectivity index (χ1v) is 5.94. The Balaban J connectivity index is 2.04. The number of imide groups is 1. The van der Waals surface area contributed by atoms with Crippen LogP contribution in [0.2, 0.25) is 5.02 Å². The Labute approximate surface area is 108 Å². The zero-order valence-electron chi connectivity index (χ0n) is 9.63. The number of nitrogens with zero attached hydrogens (tertiary/aromatic N) is 3. The van der Waals surface area contributed by atoms with E-state index < -0.39 is 11.5 Å². The van der Waals surface area contributed by atoms with Crippen molar-refractivity contribution >= 4 is 29.1 Å². The second-order valence-electron chi connectivity index (χ2n) is 4.58. The minimum absolute atomic E-state index is 0.241. The molecule has 0 aliphatic carbocycles. The van der Waals surface area contributed by atoms with Gasteiger partial charge in [-0.1, -0.05) is 11.6 Å². The molecule has 1 aromatic rings. The monoisotopic (exact) mass is 263 g/mol. The summed E-state index contributed by atoms with van der Waals surface area (Å²) >= 11 is 5.79. The van der Waals surface area contributed by atoms with Gasteiger partial charge in [-0.3, -0.25) is 9.59 Å². The highest BCUT2D eigenvalue weighted by Gasteiger charge is 2.59. The molecule has 6 heteroatoms. The smallest absolute Gasteiger partial charge is 0.264 e. The molecule has 3 rings (SSSR count). The Hall–Kier alpha value is -1.75. The Kier molecular flexibility index (Phi) is 2.28. The minimum atomic E-state index is -1.03. The molecule has 2 atom stereocenters. The maximum absolute atomic E-state index is 12.3. The third-order valence-electron chi connectivity index (χ3n) is 3.46. The third-order valence-corrected chi connectivity index (χ3v) is 3.71. The summed E-state index contributed by atoms with van der Waals surface area (Å²) in [4.78, 5) is 25.7. The topological polar surface area (TPSA) is 62.1 Å². The van der Waals surface area contributed by atoms with E-state index in [1.54, 1.807) is 31.2 Å². The number of hydrogen-bond acceptors (Lipinski definition) is 4. The summed E-state index contributed by atoms with van der Waals surface area (Å²) in [6.07, 6.45) is 0. The first-order chi connectivity index (χ1) is 8.54. The van der Waals surface area contributed by atoms with E-state index in [2.05, 4.69) is 10.2 Å². The number of anilines is 1. The highest BCUT2D eigenvalue weighted by molar-refractivity contribution is 6.31. The van der Waals surface area contributed by atoms with Gasteiger partial charge in [-0.15, -0.1) is 0 Å². The van der Waals surface area contributed by atoms with E-state index in [0.29, 0.717) is 10.7 Å². The van der Waals surface area contributed by atoms with Crippen molar-refractivity contribution in [2.45, 2.75) is 12.5 Å². The molecule has 0 radical (unpaired) electrons. The molecule has 0 N–H and O–H groups in total. The second kappa shape index (κ2) is 3.62. The van der Waals surface area contributed by atoms with Crippen molar-refractivity contribution in [2.75, 3.05) is 11.4 Å². The average Bonchev–Trinajstić information content (AvgIpc) is 2.81. The van der Waals surface area contributed by atoms with E-state index in [9.17, 15) is 9.59 Å². The number of carbonyl (C=O) groups is 2. The van der Waals surface area contributed by atoms with Crippen molar-refractivity contribution in [3.63, 3.8) is 0 Å². The van der Waals surface area contributed by atoms with Crippen LogP contribution in [0.5, 0.6) is 0 Å². The fourth-order valence-electron chi connectivity index (χ4n) is 2.34. The van der Waals surface area contributed by atoms with Gasteiger partial charge >= 0.3 is 0 Å². The fourth-order valence-corrected chi connectivity index (χ4v) is 2.47. The number of halogens is 1. The van der Waals surface area contributed by atoms with E-state index in [4.69, 9.17) is 11.6 Å². The van der Waals surface area contributed by atoms with Gasteiger partial charge < -0.3 is 0 Å². The Morgan fingerprint density at radius 2 is 2.00 bits per heavy atom. The number of benzene rings is 1. The molecule has 92 valence electrons. The maximum Gasteiger partial charge on any atom is 0.264 e. The minimum Gasteiger partial charge on any atom is -0.274 e. The van der Waals surface area contributed by atoms with Crippen LogP contribution in [0.1, 0.15) is 6.92 Å². The molecule has 2 heterocycles. The molecule has 1 aromatic carbocycles. The third kappa shape index (κ3) is 1.34. The van der Waals surface area contributed by atoms with Crippen LogP contribution in [0.25, 0.3) is 0 Å². The lowest BCUT2D eigenvalue weighted by Gasteiger charge is -2.16. The number of rotatable bonds is 1. The second-order valence-corrected chi connectivity index (χ2v) is 5.02. The van der Waals surface area contributed by atoms with Crippen LogP contribution in [0.4, 0.5) is 5.69 Å². The van der Waals surface area contributed by atoms with Gasteiger partial charge in [0.1, 0.15) is 0 Å². The van der Waals surface area contributed by atoms with E-state index >= 15 is 0 Å². The first kappa shape index (κ1) is 11.3. The summed E-state index contributed by atoms with van der Waals surface area (Å²) in [5.41, 5.74) is -0.503. The van der Waals surface area contributed by atoms with Gasteiger partial charge in [0, 0.05) is 5.02 Å². The predicted octanol–water partition coefficient (Wildman–Crippen LogP) is 2.05. The zero-order chi connectivity index (χ0) is 12.9. The van der Waals surface area contributed by atoms with Gasteiger partial charge in [-0.05, 0) is 31.2 Å². The number of azo groups is 1. The van der Waals surface area contributed by atoms with Gasteiger partial charge in [0.2, 0.25) is 5.91 Å². The van der Waals surface area contributed by atoms with Crippen LogP contribution in [-0.4, -0.2) is 23.9 Å². The van der Waals surface area contributed by atoms with Crippen LogP contribution in [0.3, 0.4) is 0 Å². The summed E-state index contributed by atoms with van der Waals surface area (Å²) in [5.74, 6) is -1.03. The van der Waals surface area contributed by atoms with Gasteiger partial charge in [0.25, 0.3) is 5.91 Å². The molecule has 0 aromatic heterocycles. The molecular weight excluding hydrogens is 254 g/mol. The van der Waals surface area contributed by atoms with Crippen LogP contribution >= 0.6 is 11.6 Å². The summed E-state index contributed by atoms with van der Waals surface area (Å²) in [5, 5.41) is 8.32. The number of amides is 2. The lowest BCUT2D eigenvalue weighted by atomic mass is 9.90. The fraction of sp³-hybridized carbons (Fsp3) is 0.333. The molecule has 0 bridgehead atoms. The molecule has 5 nitrogen and oxygen atoms in total. The lowest BCUT2D eigenvalue weighted by Crippen LogP contribution is -2.37. The van der Waals surface area contributed by atoms with E-state index in [-0.39, 0.29) is 18.4 Å². The number of fused-ring (bicyclic) bond motifs is 1. The average molecular weight is 264 g/mol. The summed E-state index contributed by atoms with van der Waals surface area (Å²) < 4.78 is 0. The van der Waals surface area contributed by atoms with Crippen LogP contribution in [0, 0.1) is 5.92 Å². The van der Waals surface area contributed by atoms with Crippen molar-refractivity contribution in [2.24, 2.45) is 16.1 Å². The van der Waals surface area contributed by atoms with Gasteiger partial charge in [-0.25, -0.2) is 4.90 Å². The quantitative estimate of drug-likeness (QED) is 0.728. The maximum atomic E-state index is 12.3. The summed E-state index contributed by atoms with van der Waals surface area (Å²) in [7, 11) is 0. The molecule has 0 saturated carbocycles. The molecule has 1 fully saturated rings. The molecular formula is C12H10ClN3O2. The largest absolute Gasteiger partial charge is 0.274 e. The standard InChI is InChI=1S/C12H10ClN3O2/c1-12-9(6-14-15-12)10(17)16(11(12)18)8-4-2-7(13)3-5-8/h2-5,9H,6H2,1H3/t9-,12+/m1/s1. The normalized spacial score (nSPS) is 30.1. The first-order valence-electron chi connectivity index (χ1n) is 5.56. The van der Waals surface area contributed by atoms with E-state index in [1.165, 1.54) is 4.90 Å². The summed E-state index contributed by atoms with van der Waals surface area (Å²) in [6, 6.07) is 6.60. The Bertz CT molecular complexity index is 569. The van der Waals surface area contributed by atoms with Crippen molar-refractivity contribution in [1.82, 2.24) is 0 Å². The van der Waals surface area contributed by atoms with Gasteiger partial charge in [-0.2, -0.15) is 10.2 Å². The highest BCUT2D eigenvalue weighted by atomic mass is 35.5. The van der Waals surface area contributed by atoms with Gasteiger partial charge in [0.05, 0.1) is 18.2 Å². The Morgan fingerprint density at radius 3 is 2.61 bits per heavy atom. The summed E-state index contributed by atoms with van der Waals surface area (Å²) in [6.45, 7) is 1.94. The predicted molar refractivity (Wildman–Crippen MR) is 65.6 cm³/mol. The van der Waals surface area contributed by atoms with E-state index in [0.717, 1.165) is 0 Å². The number of carbonyl (C=O) groups excluding carboxylic acids is 2. The van der Waals surface area contributed by atoms with Crippen LogP contribution in [-0.2, 0) is 9.59 Å². The molecule has 2 aliphatic rings. The van der Waals surface area contributed by atoms with Crippen LogP contribution in [0.15, 0.2) is 34.5 Å². The van der Waals surface area contributed by atoms with Crippen molar-refractivity contribution in [3.05, 3.63) is 29.3 Å². The molecule has 0 unspecified atom stereocenters. The van der Waals surface area contributed by atoms with Crippen LogP contribution < -0.4 is 4.90 Å². The number of hydrogen-bond donors (Lipinski definition) is 0. The lowest BCUT2D eigenvalue weighted by molar-refractivity contribution is -0.122. The molecule has 0 spiro atoms. The molecule has 18 heavy (non-hydrogen) atoms. The molecule has 1 saturated heterocycles. The highest BCUT2D eigenvalue weighted by Crippen LogP contribution is 2.40. The van der Waals surface area contributed by atoms with E-state index in [1.807, 2.05) is 0 Å².